The van der Waals surface area contributed by atoms with E-state index in [-0.39, 0.29) is 5.91 Å². The second-order valence-electron chi connectivity index (χ2n) is 7.67. The van der Waals surface area contributed by atoms with Crippen LogP contribution >= 0.6 is 0 Å². The lowest BCUT2D eigenvalue weighted by Crippen LogP contribution is -2.07. The molecule has 0 aliphatic heterocycles. The summed E-state index contributed by atoms with van der Waals surface area (Å²) in [6.07, 6.45) is 5.35. The normalized spacial score (nSPS) is 10.8. The van der Waals surface area contributed by atoms with Crippen LogP contribution in [0.3, 0.4) is 0 Å². The molecule has 0 aromatic heterocycles. The molecule has 0 fully saturated rings. The van der Waals surface area contributed by atoms with Crippen molar-refractivity contribution in [3.8, 4) is 17.2 Å². The molecule has 0 unspecified atom stereocenters. The number of hydrogen-bond acceptors (Lipinski definition) is 4. The third-order valence-electron chi connectivity index (χ3n) is 5.15. The highest BCUT2D eigenvalue weighted by Crippen LogP contribution is 2.29. The summed E-state index contributed by atoms with van der Waals surface area (Å²) >= 11 is 0. The average molecular weight is 446 g/mol. The molecule has 0 saturated heterocycles. The molecule has 5 nitrogen and oxygen atoms in total. The van der Waals surface area contributed by atoms with E-state index in [2.05, 4.69) is 25.2 Å². The quantitative estimate of drug-likeness (QED) is 0.274. The number of aryl methyl sites for hydroxylation is 1. The summed E-state index contributed by atoms with van der Waals surface area (Å²) < 4.78 is 17.1. The number of unbranched alkanes of at least 4 members (excludes halogenated alkanes) is 1. The third kappa shape index (κ3) is 7.42. The van der Waals surface area contributed by atoms with Crippen molar-refractivity contribution in [2.75, 3.05) is 19.0 Å². The Morgan fingerprint density at radius 1 is 0.970 bits per heavy atom. The van der Waals surface area contributed by atoms with Crippen LogP contribution in [0.25, 0.3) is 6.08 Å². The summed E-state index contributed by atoms with van der Waals surface area (Å²) in [6.45, 7) is 5.35. The van der Waals surface area contributed by atoms with Crippen LogP contribution in [-0.2, 0) is 11.4 Å². The first kappa shape index (κ1) is 23.9. The van der Waals surface area contributed by atoms with Crippen LogP contribution in [0, 0.1) is 6.92 Å². The molecule has 3 rings (SSSR count). The monoisotopic (exact) mass is 445 g/mol. The van der Waals surface area contributed by atoms with Crippen molar-refractivity contribution in [2.24, 2.45) is 0 Å². The van der Waals surface area contributed by atoms with Gasteiger partial charge in [0.1, 0.15) is 12.4 Å². The second kappa shape index (κ2) is 12.3. The summed E-state index contributed by atoms with van der Waals surface area (Å²) in [5.74, 6) is 1.86. The van der Waals surface area contributed by atoms with Crippen LogP contribution < -0.4 is 19.5 Å². The Bertz CT molecular complexity index is 1070. The Hall–Kier alpha value is -3.73. The largest absolute Gasteiger partial charge is 0.494 e. The van der Waals surface area contributed by atoms with E-state index in [1.165, 1.54) is 11.6 Å². The van der Waals surface area contributed by atoms with Gasteiger partial charge in [-0.05, 0) is 72.5 Å². The van der Waals surface area contributed by atoms with Gasteiger partial charge in [-0.1, -0.05) is 43.7 Å². The van der Waals surface area contributed by atoms with Crippen LogP contribution in [0.4, 0.5) is 5.69 Å². The van der Waals surface area contributed by atoms with E-state index >= 15 is 0 Å². The lowest BCUT2D eigenvalue weighted by atomic mass is 10.1. The van der Waals surface area contributed by atoms with Crippen LogP contribution in [0.2, 0.25) is 0 Å². The number of rotatable bonds is 11. The molecule has 0 radical (unpaired) electrons. The Labute approximate surface area is 196 Å². The zero-order valence-corrected chi connectivity index (χ0v) is 19.5. The number of nitrogens with one attached hydrogen (secondary N) is 1. The van der Waals surface area contributed by atoms with Gasteiger partial charge in [0.05, 0.1) is 13.7 Å². The van der Waals surface area contributed by atoms with Crippen molar-refractivity contribution in [2.45, 2.75) is 33.3 Å². The van der Waals surface area contributed by atoms with Crippen molar-refractivity contribution in [1.29, 1.82) is 0 Å². The third-order valence-corrected chi connectivity index (χ3v) is 5.15. The maximum atomic E-state index is 12.3. The lowest BCUT2D eigenvalue weighted by Gasteiger charge is -2.12. The fourth-order valence-corrected chi connectivity index (χ4v) is 3.16. The molecule has 0 spiro atoms. The summed E-state index contributed by atoms with van der Waals surface area (Å²) in [7, 11) is 1.60. The number of carbonyl (C=O) groups excluding carboxylic acids is 1. The molecule has 1 amide bonds. The Morgan fingerprint density at radius 2 is 1.76 bits per heavy atom. The van der Waals surface area contributed by atoms with E-state index in [0.717, 1.165) is 29.7 Å². The van der Waals surface area contributed by atoms with E-state index in [0.29, 0.717) is 30.4 Å². The van der Waals surface area contributed by atoms with Gasteiger partial charge in [0.15, 0.2) is 11.5 Å². The van der Waals surface area contributed by atoms with Gasteiger partial charge < -0.3 is 19.5 Å². The molecule has 0 aliphatic carbocycles. The number of hydrogen-bond donors (Lipinski definition) is 1. The van der Waals surface area contributed by atoms with Gasteiger partial charge in [0.2, 0.25) is 5.91 Å². The Balaban J connectivity index is 1.56. The van der Waals surface area contributed by atoms with Gasteiger partial charge in [0, 0.05) is 11.8 Å². The minimum absolute atomic E-state index is 0.214. The van der Waals surface area contributed by atoms with E-state index in [1.54, 1.807) is 13.2 Å². The molecule has 0 saturated carbocycles. The van der Waals surface area contributed by atoms with E-state index in [9.17, 15) is 4.79 Å². The van der Waals surface area contributed by atoms with Crippen LogP contribution in [0.1, 0.15) is 36.5 Å². The van der Waals surface area contributed by atoms with Gasteiger partial charge in [-0.2, -0.15) is 0 Å². The van der Waals surface area contributed by atoms with E-state index < -0.39 is 0 Å². The zero-order valence-electron chi connectivity index (χ0n) is 19.5. The van der Waals surface area contributed by atoms with Gasteiger partial charge in [-0.3, -0.25) is 4.79 Å². The molecule has 3 aromatic rings. The predicted molar refractivity (Wildman–Crippen MR) is 133 cm³/mol. The maximum Gasteiger partial charge on any atom is 0.248 e. The SMILES string of the molecule is CCCCOc1ccc(NC(=O)C=Cc2ccc(OCc3ccccc3C)c(OC)c2)cc1. The highest BCUT2D eigenvalue weighted by molar-refractivity contribution is 6.02. The summed E-state index contributed by atoms with van der Waals surface area (Å²) in [6, 6.07) is 21.1. The molecule has 1 N–H and O–H groups in total. The minimum atomic E-state index is -0.214. The zero-order chi connectivity index (χ0) is 23.5. The van der Waals surface area contributed by atoms with Crippen molar-refractivity contribution in [1.82, 2.24) is 0 Å². The Morgan fingerprint density at radius 3 is 2.48 bits per heavy atom. The van der Waals surface area contributed by atoms with Crippen LogP contribution in [0.5, 0.6) is 17.2 Å². The predicted octanol–water partition coefficient (Wildman–Crippen LogP) is 6.41. The number of amides is 1. The van der Waals surface area contributed by atoms with Crippen molar-refractivity contribution in [3.63, 3.8) is 0 Å². The van der Waals surface area contributed by atoms with E-state index in [1.807, 2.05) is 60.7 Å². The molecule has 172 valence electrons. The highest BCUT2D eigenvalue weighted by Gasteiger charge is 2.07. The molecule has 0 heterocycles. The average Bonchev–Trinajstić information content (AvgIpc) is 2.83. The Kier molecular flexibility index (Phi) is 8.95. The highest BCUT2D eigenvalue weighted by atomic mass is 16.5. The van der Waals surface area contributed by atoms with Gasteiger partial charge >= 0.3 is 0 Å². The summed E-state index contributed by atoms with van der Waals surface area (Å²) in [5.41, 5.74) is 3.86. The summed E-state index contributed by atoms with van der Waals surface area (Å²) in [5, 5.41) is 2.85. The fourth-order valence-electron chi connectivity index (χ4n) is 3.16. The van der Waals surface area contributed by atoms with Gasteiger partial charge in [0.25, 0.3) is 0 Å². The molecule has 5 heteroatoms. The molecular formula is C28H31NO4. The fraction of sp³-hybridized carbons (Fsp3) is 0.250. The lowest BCUT2D eigenvalue weighted by molar-refractivity contribution is -0.111. The first-order chi connectivity index (χ1) is 16.1. The van der Waals surface area contributed by atoms with Gasteiger partial charge in [-0.25, -0.2) is 0 Å². The van der Waals surface area contributed by atoms with Crippen LogP contribution in [0.15, 0.2) is 72.8 Å². The molecular weight excluding hydrogens is 414 g/mol. The van der Waals surface area contributed by atoms with Crippen molar-refractivity contribution >= 4 is 17.7 Å². The molecule has 0 atom stereocenters. The number of carbonyl (C=O) groups is 1. The van der Waals surface area contributed by atoms with Gasteiger partial charge in [-0.15, -0.1) is 0 Å². The molecule has 0 bridgehead atoms. The minimum Gasteiger partial charge on any atom is -0.494 e. The number of methoxy groups -OCH3 is 1. The van der Waals surface area contributed by atoms with Crippen LogP contribution in [-0.4, -0.2) is 19.6 Å². The summed E-state index contributed by atoms with van der Waals surface area (Å²) in [4.78, 5) is 12.3. The first-order valence-electron chi connectivity index (χ1n) is 11.2. The number of benzene rings is 3. The van der Waals surface area contributed by atoms with E-state index in [4.69, 9.17) is 14.2 Å². The number of anilines is 1. The second-order valence-corrected chi connectivity index (χ2v) is 7.67. The standard InChI is InChI=1S/C28H31NO4/c1-4-5-18-32-25-14-12-24(13-15-25)29-28(30)17-11-22-10-16-26(27(19-22)31-3)33-20-23-9-7-6-8-21(23)2/h6-17,19H,4-5,18,20H2,1-3H3,(H,29,30). The van der Waals surface area contributed by atoms with Crippen molar-refractivity contribution < 1.29 is 19.0 Å². The topological polar surface area (TPSA) is 56.8 Å². The van der Waals surface area contributed by atoms with Crippen molar-refractivity contribution in [3.05, 3.63) is 89.5 Å². The number of ether oxygens (including phenoxy) is 3. The first-order valence-corrected chi connectivity index (χ1v) is 11.2. The maximum absolute atomic E-state index is 12.3. The smallest absolute Gasteiger partial charge is 0.248 e. The molecule has 33 heavy (non-hydrogen) atoms. The molecule has 0 aliphatic rings. The molecule has 3 aromatic carbocycles.